The van der Waals surface area contributed by atoms with Crippen LogP contribution < -0.4 is 5.32 Å². The number of nitrogens with one attached hydrogen (secondary N) is 1. The Morgan fingerprint density at radius 2 is 1.71 bits per heavy atom. The van der Waals surface area contributed by atoms with Gasteiger partial charge in [0, 0.05) is 31.0 Å². The van der Waals surface area contributed by atoms with Crippen molar-refractivity contribution in [1.82, 2.24) is 15.3 Å². The van der Waals surface area contributed by atoms with Gasteiger partial charge in [-0.2, -0.15) is 0 Å². The van der Waals surface area contributed by atoms with Crippen LogP contribution in [0.4, 0.5) is 0 Å². The lowest BCUT2D eigenvalue weighted by Gasteiger charge is -2.05. The van der Waals surface area contributed by atoms with E-state index in [2.05, 4.69) is 15.3 Å². The van der Waals surface area contributed by atoms with Gasteiger partial charge in [0.05, 0.1) is 6.61 Å². The van der Waals surface area contributed by atoms with E-state index in [9.17, 15) is 0 Å². The fourth-order valence-corrected chi connectivity index (χ4v) is 1.61. The minimum absolute atomic E-state index is 0.0837. The summed E-state index contributed by atoms with van der Waals surface area (Å²) in [6.45, 7) is 1.59. The average molecular weight is 229 g/mol. The molecule has 0 saturated heterocycles. The molecule has 0 aliphatic rings. The Morgan fingerprint density at radius 3 is 2.47 bits per heavy atom. The maximum atomic E-state index is 9.03. The summed E-state index contributed by atoms with van der Waals surface area (Å²) in [5.74, 6) is 0. The van der Waals surface area contributed by atoms with E-state index in [1.165, 1.54) is 6.33 Å². The van der Waals surface area contributed by atoms with Crippen molar-refractivity contribution < 1.29 is 5.11 Å². The molecule has 2 rings (SSSR count). The van der Waals surface area contributed by atoms with Crippen LogP contribution in [0.2, 0.25) is 0 Å². The van der Waals surface area contributed by atoms with Crippen LogP contribution in [0.25, 0.3) is 0 Å². The topological polar surface area (TPSA) is 58.0 Å². The number of rotatable bonds is 5. The molecule has 0 aliphatic carbocycles. The minimum Gasteiger partial charge on any atom is -0.392 e. The molecule has 1 aromatic heterocycles. The van der Waals surface area contributed by atoms with Crippen molar-refractivity contribution in [2.24, 2.45) is 0 Å². The van der Waals surface area contributed by atoms with Crippen molar-refractivity contribution in [2.75, 3.05) is 0 Å². The SMILES string of the molecule is OCc1cccc(CNCc2cncnc2)c1. The Kier molecular flexibility index (Phi) is 4.18. The highest BCUT2D eigenvalue weighted by atomic mass is 16.3. The van der Waals surface area contributed by atoms with E-state index in [-0.39, 0.29) is 6.61 Å². The first-order chi connectivity index (χ1) is 8.38. The maximum absolute atomic E-state index is 9.03. The molecule has 2 N–H and O–H groups in total. The molecule has 0 amide bonds. The normalized spacial score (nSPS) is 10.4. The third-order valence-electron chi connectivity index (χ3n) is 2.45. The molecule has 0 atom stereocenters. The van der Waals surface area contributed by atoms with Crippen molar-refractivity contribution in [1.29, 1.82) is 0 Å². The molecule has 88 valence electrons. The largest absolute Gasteiger partial charge is 0.392 e. The fourth-order valence-electron chi connectivity index (χ4n) is 1.61. The van der Waals surface area contributed by atoms with Crippen LogP contribution in [0.3, 0.4) is 0 Å². The second kappa shape index (κ2) is 6.08. The smallest absolute Gasteiger partial charge is 0.115 e. The standard InChI is InChI=1S/C13H15N3O/c17-9-12-3-1-2-11(4-12)5-14-6-13-7-15-10-16-8-13/h1-4,7-8,10,14,17H,5-6,9H2. The summed E-state index contributed by atoms with van der Waals surface area (Å²) >= 11 is 0. The number of hydrogen-bond donors (Lipinski definition) is 2. The zero-order valence-electron chi connectivity index (χ0n) is 9.50. The molecule has 0 fully saturated rings. The van der Waals surface area contributed by atoms with Crippen LogP contribution in [-0.4, -0.2) is 15.1 Å². The van der Waals surface area contributed by atoms with E-state index in [0.717, 1.165) is 29.8 Å². The van der Waals surface area contributed by atoms with Crippen molar-refractivity contribution in [3.63, 3.8) is 0 Å². The lowest BCUT2D eigenvalue weighted by atomic mass is 10.1. The molecule has 0 radical (unpaired) electrons. The quantitative estimate of drug-likeness (QED) is 0.810. The molecule has 0 saturated carbocycles. The first-order valence-corrected chi connectivity index (χ1v) is 5.52. The van der Waals surface area contributed by atoms with Gasteiger partial charge in [0.1, 0.15) is 6.33 Å². The van der Waals surface area contributed by atoms with Crippen LogP contribution in [0.5, 0.6) is 0 Å². The zero-order chi connectivity index (χ0) is 11.9. The zero-order valence-corrected chi connectivity index (χ0v) is 9.50. The molecule has 2 aromatic rings. The maximum Gasteiger partial charge on any atom is 0.115 e. The lowest BCUT2D eigenvalue weighted by molar-refractivity contribution is 0.281. The number of nitrogens with zero attached hydrogens (tertiary/aromatic N) is 2. The van der Waals surface area contributed by atoms with Crippen LogP contribution >= 0.6 is 0 Å². The summed E-state index contributed by atoms with van der Waals surface area (Å²) in [5, 5.41) is 12.3. The first-order valence-electron chi connectivity index (χ1n) is 5.52. The third-order valence-corrected chi connectivity index (χ3v) is 2.45. The second-order valence-electron chi connectivity index (χ2n) is 3.83. The van der Waals surface area contributed by atoms with Gasteiger partial charge < -0.3 is 10.4 Å². The van der Waals surface area contributed by atoms with Crippen molar-refractivity contribution >= 4 is 0 Å². The molecule has 4 heteroatoms. The average Bonchev–Trinajstić information content (AvgIpc) is 2.40. The van der Waals surface area contributed by atoms with Crippen LogP contribution in [0, 0.1) is 0 Å². The van der Waals surface area contributed by atoms with Gasteiger partial charge in [0.2, 0.25) is 0 Å². The minimum atomic E-state index is 0.0837. The highest BCUT2D eigenvalue weighted by molar-refractivity contribution is 5.22. The molecule has 17 heavy (non-hydrogen) atoms. The molecule has 0 unspecified atom stereocenters. The molecular formula is C13H15N3O. The summed E-state index contributed by atoms with van der Waals surface area (Å²) in [6.07, 6.45) is 5.11. The van der Waals surface area contributed by atoms with Crippen molar-refractivity contribution in [2.45, 2.75) is 19.7 Å². The molecule has 0 bridgehead atoms. The molecular weight excluding hydrogens is 214 g/mol. The Morgan fingerprint density at radius 1 is 1.00 bits per heavy atom. The number of benzene rings is 1. The van der Waals surface area contributed by atoms with Crippen molar-refractivity contribution in [3.8, 4) is 0 Å². The predicted octanol–water partition coefficient (Wildman–Crippen LogP) is 1.26. The predicted molar refractivity (Wildman–Crippen MR) is 64.9 cm³/mol. The van der Waals surface area contributed by atoms with Crippen LogP contribution in [0.1, 0.15) is 16.7 Å². The number of hydrogen-bond acceptors (Lipinski definition) is 4. The van der Waals surface area contributed by atoms with Gasteiger partial charge in [0.25, 0.3) is 0 Å². The third kappa shape index (κ3) is 3.62. The van der Waals surface area contributed by atoms with Gasteiger partial charge in [-0.15, -0.1) is 0 Å². The molecule has 1 aromatic carbocycles. The van der Waals surface area contributed by atoms with Crippen LogP contribution in [0.15, 0.2) is 43.0 Å². The van der Waals surface area contributed by atoms with Gasteiger partial charge in [-0.1, -0.05) is 24.3 Å². The van der Waals surface area contributed by atoms with Crippen molar-refractivity contribution in [3.05, 3.63) is 59.7 Å². The lowest BCUT2D eigenvalue weighted by Crippen LogP contribution is -2.13. The van der Waals surface area contributed by atoms with E-state index in [1.54, 1.807) is 12.4 Å². The monoisotopic (exact) mass is 229 g/mol. The molecule has 4 nitrogen and oxygen atoms in total. The Balaban J connectivity index is 1.86. The molecule has 0 aliphatic heterocycles. The van der Waals surface area contributed by atoms with E-state index < -0.39 is 0 Å². The van der Waals surface area contributed by atoms with E-state index in [4.69, 9.17) is 5.11 Å². The van der Waals surface area contributed by atoms with Gasteiger partial charge in [-0.3, -0.25) is 0 Å². The highest BCUT2D eigenvalue weighted by Crippen LogP contribution is 2.05. The van der Waals surface area contributed by atoms with Gasteiger partial charge in [0.15, 0.2) is 0 Å². The Hall–Kier alpha value is -1.78. The fraction of sp³-hybridized carbons (Fsp3) is 0.231. The summed E-state index contributed by atoms with van der Waals surface area (Å²) in [7, 11) is 0. The van der Waals surface area contributed by atoms with Gasteiger partial charge >= 0.3 is 0 Å². The van der Waals surface area contributed by atoms with E-state index in [1.807, 2.05) is 24.3 Å². The Labute approximate surface area is 100 Å². The molecule has 0 spiro atoms. The summed E-state index contributed by atoms with van der Waals surface area (Å²) in [4.78, 5) is 7.91. The molecule has 1 heterocycles. The second-order valence-corrected chi connectivity index (χ2v) is 3.83. The van der Waals surface area contributed by atoms with Gasteiger partial charge in [-0.25, -0.2) is 9.97 Å². The van der Waals surface area contributed by atoms with E-state index >= 15 is 0 Å². The van der Waals surface area contributed by atoms with Gasteiger partial charge in [-0.05, 0) is 11.1 Å². The first kappa shape index (κ1) is 11.7. The Bertz CT molecular complexity index is 459. The van der Waals surface area contributed by atoms with Crippen LogP contribution in [-0.2, 0) is 19.7 Å². The summed E-state index contributed by atoms with van der Waals surface area (Å²) in [6, 6.07) is 7.89. The summed E-state index contributed by atoms with van der Waals surface area (Å²) in [5.41, 5.74) is 3.16. The number of aliphatic hydroxyl groups is 1. The number of aliphatic hydroxyl groups excluding tert-OH is 1. The van der Waals surface area contributed by atoms with E-state index in [0.29, 0.717) is 0 Å². The number of aromatic nitrogens is 2. The summed E-state index contributed by atoms with van der Waals surface area (Å²) < 4.78 is 0. The highest BCUT2D eigenvalue weighted by Gasteiger charge is 1.96.